The van der Waals surface area contributed by atoms with E-state index in [-0.39, 0.29) is 25.0 Å². The lowest BCUT2D eigenvalue weighted by Gasteiger charge is -2.18. The van der Waals surface area contributed by atoms with E-state index in [0.29, 0.717) is 5.56 Å². The first-order valence-corrected chi connectivity index (χ1v) is 6.66. The lowest BCUT2D eigenvalue weighted by Crippen LogP contribution is -2.34. The van der Waals surface area contributed by atoms with Crippen LogP contribution >= 0.6 is 0 Å². The predicted octanol–water partition coefficient (Wildman–Crippen LogP) is 2.22. The standard InChI is InChI=1S/C16H16O5/c1-2-6-12(13(17)11-7-4-3-5-8-11)21-15(20)16(9-10-16)14(18)19/h2-5,7-8,12H,1,6,9-10H2,(H,18,19). The summed E-state index contributed by atoms with van der Waals surface area (Å²) in [4.78, 5) is 35.4. The Morgan fingerprint density at radius 1 is 1.29 bits per heavy atom. The van der Waals surface area contributed by atoms with Crippen LogP contribution in [0.25, 0.3) is 0 Å². The second-order valence-electron chi connectivity index (χ2n) is 5.04. The zero-order valence-electron chi connectivity index (χ0n) is 11.5. The third-order valence-electron chi connectivity index (χ3n) is 3.53. The van der Waals surface area contributed by atoms with Gasteiger partial charge in [0.05, 0.1) is 0 Å². The number of rotatable bonds is 7. The summed E-state index contributed by atoms with van der Waals surface area (Å²) in [5.41, 5.74) is -1.05. The van der Waals surface area contributed by atoms with Crippen LogP contribution in [0.15, 0.2) is 43.0 Å². The first-order valence-electron chi connectivity index (χ1n) is 6.66. The molecular weight excluding hydrogens is 272 g/mol. The number of carboxylic acid groups (broad SMARTS) is 1. The Labute approximate surface area is 122 Å². The molecule has 1 N–H and O–H groups in total. The first-order chi connectivity index (χ1) is 10.0. The average Bonchev–Trinajstić information content (AvgIpc) is 3.28. The number of esters is 1. The number of ketones is 1. The van der Waals surface area contributed by atoms with Gasteiger partial charge in [-0.05, 0) is 12.8 Å². The molecule has 0 heterocycles. The first kappa shape index (κ1) is 15.0. The van der Waals surface area contributed by atoms with Crippen LogP contribution in [0, 0.1) is 5.41 Å². The molecule has 1 aromatic carbocycles. The van der Waals surface area contributed by atoms with Crippen molar-refractivity contribution in [2.45, 2.75) is 25.4 Å². The molecule has 1 aliphatic carbocycles. The topological polar surface area (TPSA) is 80.7 Å². The van der Waals surface area contributed by atoms with Crippen LogP contribution in [0.3, 0.4) is 0 Å². The summed E-state index contributed by atoms with van der Waals surface area (Å²) in [7, 11) is 0. The van der Waals surface area contributed by atoms with E-state index in [4.69, 9.17) is 9.84 Å². The Hall–Kier alpha value is -2.43. The van der Waals surface area contributed by atoms with Crippen LogP contribution in [0.4, 0.5) is 0 Å². The maximum Gasteiger partial charge on any atom is 0.324 e. The molecule has 1 fully saturated rings. The summed E-state index contributed by atoms with van der Waals surface area (Å²) in [5, 5.41) is 9.07. The number of Topliss-reactive ketones (excluding diaryl/α,β-unsaturated/α-hetero) is 1. The van der Waals surface area contributed by atoms with Gasteiger partial charge in [0.1, 0.15) is 0 Å². The van der Waals surface area contributed by atoms with Gasteiger partial charge in [-0.1, -0.05) is 36.4 Å². The SMILES string of the molecule is C=CCC(OC(=O)C1(C(=O)O)CC1)C(=O)c1ccccc1. The number of carboxylic acids is 1. The molecule has 110 valence electrons. The molecular formula is C16H16O5. The molecule has 2 rings (SSSR count). The highest BCUT2D eigenvalue weighted by atomic mass is 16.6. The Kier molecular flexibility index (Phi) is 4.21. The van der Waals surface area contributed by atoms with E-state index in [2.05, 4.69) is 6.58 Å². The van der Waals surface area contributed by atoms with Gasteiger partial charge >= 0.3 is 11.9 Å². The van der Waals surface area contributed by atoms with E-state index < -0.39 is 23.5 Å². The number of carbonyl (C=O) groups is 3. The van der Waals surface area contributed by atoms with Crippen LogP contribution in [0.2, 0.25) is 0 Å². The van der Waals surface area contributed by atoms with Crippen molar-refractivity contribution in [1.29, 1.82) is 0 Å². The fourth-order valence-corrected chi connectivity index (χ4v) is 2.02. The van der Waals surface area contributed by atoms with Crippen molar-refractivity contribution < 1.29 is 24.2 Å². The minimum atomic E-state index is -1.46. The average molecular weight is 288 g/mol. The lowest BCUT2D eigenvalue weighted by molar-refractivity contribution is -0.163. The van der Waals surface area contributed by atoms with Crippen molar-refractivity contribution in [2.24, 2.45) is 5.41 Å². The van der Waals surface area contributed by atoms with Crippen LogP contribution in [-0.2, 0) is 14.3 Å². The third kappa shape index (κ3) is 3.02. The van der Waals surface area contributed by atoms with Crippen molar-refractivity contribution in [3.05, 3.63) is 48.6 Å². The molecule has 5 nitrogen and oxygen atoms in total. The van der Waals surface area contributed by atoms with Crippen molar-refractivity contribution in [1.82, 2.24) is 0 Å². The van der Waals surface area contributed by atoms with E-state index in [0.717, 1.165) is 0 Å². The highest BCUT2D eigenvalue weighted by Gasteiger charge is 2.59. The van der Waals surface area contributed by atoms with E-state index in [1.54, 1.807) is 30.3 Å². The minimum Gasteiger partial charge on any atom is -0.480 e. The molecule has 1 aromatic rings. The van der Waals surface area contributed by atoms with Crippen LogP contribution in [0.5, 0.6) is 0 Å². The maximum atomic E-state index is 12.3. The van der Waals surface area contributed by atoms with E-state index in [1.807, 2.05) is 0 Å². The zero-order chi connectivity index (χ0) is 15.5. The molecule has 0 aliphatic heterocycles. The Balaban J connectivity index is 2.13. The van der Waals surface area contributed by atoms with E-state index >= 15 is 0 Å². The predicted molar refractivity (Wildman–Crippen MR) is 74.8 cm³/mol. The van der Waals surface area contributed by atoms with E-state index in [9.17, 15) is 14.4 Å². The molecule has 1 aliphatic rings. The smallest absolute Gasteiger partial charge is 0.324 e. The molecule has 1 atom stereocenters. The summed E-state index contributed by atoms with van der Waals surface area (Å²) in [6.07, 6.45) is 1.09. The van der Waals surface area contributed by atoms with Gasteiger partial charge < -0.3 is 9.84 Å². The Morgan fingerprint density at radius 3 is 2.38 bits per heavy atom. The molecule has 0 radical (unpaired) electrons. The summed E-state index contributed by atoms with van der Waals surface area (Å²) in [6, 6.07) is 8.43. The van der Waals surface area contributed by atoms with Crippen molar-refractivity contribution in [3.8, 4) is 0 Å². The zero-order valence-corrected chi connectivity index (χ0v) is 11.5. The van der Waals surface area contributed by atoms with Gasteiger partial charge in [-0.25, -0.2) is 0 Å². The second-order valence-corrected chi connectivity index (χ2v) is 5.04. The largest absolute Gasteiger partial charge is 0.480 e. The van der Waals surface area contributed by atoms with Gasteiger partial charge in [0.15, 0.2) is 11.5 Å². The van der Waals surface area contributed by atoms with Gasteiger partial charge in [0.2, 0.25) is 5.78 Å². The molecule has 0 aromatic heterocycles. The number of aliphatic carboxylic acids is 1. The highest BCUT2D eigenvalue weighted by Crippen LogP contribution is 2.47. The molecule has 1 saturated carbocycles. The normalized spacial score (nSPS) is 16.6. The quantitative estimate of drug-likeness (QED) is 0.360. The summed E-state index contributed by atoms with van der Waals surface area (Å²) in [6.45, 7) is 3.54. The second kappa shape index (κ2) is 5.91. The van der Waals surface area contributed by atoms with Gasteiger partial charge in [-0.3, -0.25) is 14.4 Å². The van der Waals surface area contributed by atoms with Crippen molar-refractivity contribution in [2.75, 3.05) is 0 Å². The van der Waals surface area contributed by atoms with Gasteiger partial charge in [-0.2, -0.15) is 0 Å². The number of benzene rings is 1. The van der Waals surface area contributed by atoms with Crippen LogP contribution in [0.1, 0.15) is 29.6 Å². The summed E-state index contributed by atoms with van der Waals surface area (Å²) < 4.78 is 5.16. The number of ether oxygens (including phenoxy) is 1. The van der Waals surface area contributed by atoms with Crippen LogP contribution in [-0.4, -0.2) is 28.9 Å². The fourth-order valence-electron chi connectivity index (χ4n) is 2.02. The van der Waals surface area contributed by atoms with Gasteiger partial charge in [0, 0.05) is 12.0 Å². The molecule has 21 heavy (non-hydrogen) atoms. The van der Waals surface area contributed by atoms with Gasteiger partial charge in [-0.15, -0.1) is 6.58 Å². The molecule has 0 bridgehead atoms. The minimum absolute atomic E-state index is 0.148. The van der Waals surface area contributed by atoms with Crippen molar-refractivity contribution in [3.63, 3.8) is 0 Å². The van der Waals surface area contributed by atoms with Crippen LogP contribution < -0.4 is 0 Å². The van der Waals surface area contributed by atoms with Gasteiger partial charge in [0.25, 0.3) is 0 Å². The van der Waals surface area contributed by atoms with E-state index in [1.165, 1.54) is 6.08 Å². The molecule has 0 amide bonds. The molecule has 0 spiro atoms. The maximum absolute atomic E-state index is 12.3. The fraction of sp³-hybridized carbons (Fsp3) is 0.312. The molecule has 1 unspecified atom stereocenters. The Morgan fingerprint density at radius 2 is 1.90 bits per heavy atom. The molecule has 5 heteroatoms. The number of hydrogen-bond donors (Lipinski definition) is 1. The number of hydrogen-bond acceptors (Lipinski definition) is 4. The Bertz CT molecular complexity index is 572. The summed E-state index contributed by atoms with van der Waals surface area (Å²) >= 11 is 0. The summed E-state index contributed by atoms with van der Waals surface area (Å²) in [5.74, 6) is -2.40. The monoisotopic (exact) mass is 288 g/mol. The van der Waals surface area contributed by atoms with Crippen molar-refractivity contribution >= 4 is 17.7 Å². The number of carbonyl (C=O) groups excluding carboxylic acids is 2. The highest BCUT2D eigenvalue weighted by molar-refractivity contribution is 6.05. The third-order valence-corrected chi connectivity index (χ3v) is 3.53. The lowest BCUT2D eigenvalue weighted by atomic mass is 10.0. The molecule has 0 saturated heterocycles.